The van der Waals surface area contributed by atoms with Crippen molar-refractivity contribution in [3.8, 4) is 0 Å². The Labute approximate surface area is 90.8 Å². The van der Waals surface area contributed by atoms with E-state index in [1.165, 1.54) is 12.1 Å². The smallest absolute Gasteiger partial charge is 0.326 e. The third-order valence-electron chi connectivity index (χ3n) is 3.50. The number of carbonyl (C=O) groups is 1. The first-order valence-electron chi connectivity index (χ1n) is 5.87. The van der Waals surface area contributed by atoms with Crippen molar-refractivity contribution in [2.45, 2.75) is 45.1 Å². The molecule has 0 saturated carbocycles. The SMILES string of the molecule is C[C@H]1CCC=C(N2CCC[C@H]2C(=O)O)C1. The Morgan fingerprint density at radius 1 is 1.53 bits per heavy atom. The fourth-order valence-electron chi connectivity index (χ4n) is 2.68. The summed E-state index contributed by atoms with van der Waals surface area (Å²) in [5.41, 5.74) is 1.28. The molecular formula is C12H19NO2. The zero-order chi connectivity index (χ0) is 10.8. The minimum absolute atomic E-state index is 0.262. The highest BCUT2D eigenvalue weighted by Crippen LogP contribution is 2.31. The first kappa shape index (κ1) is 10.5. The number of nitrogens with zero attached hydrogens (tertiary/aromatic N) is 1. The summed E-state index contributed by atoms with van der Waals surface area (Å²) in [6.45, 7) is 3.17. The molecule has 0 spiro atoms. The van der Waals surface area contributed by atoms with Gasteiger partial charge in [0.1, 0.15) is 6.04 Å². The number of hydrogen-bond donors (Lipinski definition) is 1. The molecule has 2 aliphatic rings. The van der Waals surface area contributed by atoms with Crippen molar-refractivity contribution in [2.75, 3.05) is 6.54 Å². The van der Waals surface area contributed by atoms with Crippen LogP contribution in [0.1, 0.15) is 39.0 Å². The van der Waals surface area contributed by atoms with Gasteiger partial charge in [-0.3, -0.25) is 0 Å². The quantitative estimate of drug-likeness (QED) is 0.758. The van der Waals surface area contributed by atoms with Crippen molar-refractivity contribution in [1.82, 2.24) is 4.90 Å². The summed E-state index contributed by atoms with van der Waals surface area (Å²) in [6.07, 6.45) is 7.48. The third-order valence-corrected chi connectivity index (χ3v) is 3.50. The Hall–Kier alpha value is -0.990. The summed E-state index contributed by atoms with van der Waals surface area (Å²) >= 11 is 0. The van der Waals surface area contributed by atoms with Gasteiger partial charge in [-0.25, -0.2) is 4.79 Å². The highest BCUT2D eigenvalue weighted by molar-refractivity contribution is 5.74. The van der Waals surface area contributed by atoms with Gasteiger partial charge in [-0.2, -0.15) is 0 Å². The average molecular weight is 209 g/mol. The molecule has 0 amide bonds. The van der Waals surface area contributed by atoms with Gasteiger partial charge in [-0.15, -0.1) is 0 Å². The fraction of sp³-hybridized carbons (Fsp3) is 0.750. The Kier molecular flexibility index (Phi) is 2.98. The van der Waals surface area contributed by atoms with Crippen LogP contribution in [0.3, 0.4) is 0 Å². The van der Waals surface area contributed by atoms with Crippen LogP contribution >= 0.6 is 0 Å². The van der Waals surface area contributed by atoms with Crippen LogP contribution in [0, 0.1) is 5.92 Å². The van der Waals surface area contributed by atoms with E-state index in [1.54, 1.807) is 0 Å². The molecule has 84 valence electrons. The van der Waals surface area contributed by atoms with Crippen molar-refractivity contribution in [3.05, 3.63) is 11.8 Å². The second kappa shape index (κ2) is 4.25. The maximum absolute atomic E-state index is 11.1. The maximum atomic E-state index is 11.1. The second-order valence-corrected chi connectivity index (χ2v) is 4.77. The van der Waals surface area contributed by atoms with Gasteiger partial charge in [0.2, 0.25) is 0 Å². The van der Waals surface area contributed by atoms with E-state index >= 15 is 0 Å². The van der Waals surface area contributed by atoms with Crippen molar-refractivity contribution in [3.63, 3.8) is 0 Å². The summed E-state index contributed by atoms with van der Waals surface area (Å²) in [6, 6.07) is -0.262. The van der Waals surface area contributed by atoms with Gasteiger partial charge in [-0.1, -0.05) is 13.0 Å². The van der Waals surface area contributed by atoms with Gasteiger partial charge >= 0.3 is 5.97 Å². The van der Waals surface area contributed by atoms with Crippen LogP contribution in [0.25, 0.3) is 0 Å². The van der Waals surface area contributed by atoms with Crippen molar-refractivity contribution >= 4 is 5.97 Å². The summed E-state index contributed by atoms with van der Waals surface area (Å²) < 4.78 is 0. The molecule has 2 rings (SSSR count). The summed E-state index contributed by atoms with van der Waals surface area (Å²) in [4.78, 5) is 13.2. The van der Waals surface area contributed by atoms with Crippen LogP contribution in [-0.4, -0.2) is 28.6 Å². The Balaban J connectivity index is 2.09. The number of carboxylic acid groups (broad SMARTS) is 1. The molecule has 0 aromatic carbocycles. The van der Waals surface area contributed by atoms with E-state index in [4.69, 9.17) is 5.11 Å². The average Bonchev–Trinajstić information content (AvgIpc) is 2.65. The molecule has 0 aromatic heterocycles. The van der Waals surface area contributed by atoms with E-state index < -0.39 is 5.97 Å². The minimum Gasteiger partial charge on any atom is -0.480 e. The van der Waals surface area contributed by atoms with E-state index in [-0.39, 0.29) is 6.04 Å². The summed E-state index contributed by atoms with van der Waals surface area (Å²) in [7, 11) is 0. The van der Waals surface area contributed by atoms with E-state index in [2.05, 4.69) is 17.9 Å². The molecule has 1 N–H and O–H groups in total. The third kappa shape index (κ3) is 2.16. The zero-order valence-electron chi connectivity index (χ0n) is 9.28. The highest BCUT2D eigenvalue weighted by atomic mass is 16.4. The van der Waals surface area contributed by atoms with Crippen LogP contribution in [0.2, 0.25) is 0 Å². The van der Waals surface area contributed by atoms with E-state index in [0.717, 1.165) is 32.2 Å². The molecule has 3 nitrogen and oxygen atoms in total. The largest absolute Gasteiger partial charge is 0.480 e. The number of allylic oxidation sites excluding steroid dienone is 2. The molecule has 3 heteroatoms. The molecule has 1 saturated heterocycles. The lowest BCUT2D eigenvalue weighted by molar-refractivity contribution is -0.141. The van der Waals surface area contributed by atoms with Crippen LogP contribution in [0.5, 0.6) is 0 Å². The number of hydrogen-bond acceptors (Lipinski definition) is 2. The van der Waals surface area contributed by atoms with E-state index in [0.29, 0.717) is 5.92 Å². The number of likely N-dealkylation sites (tertiary alicyclic amines) is 1. The zero-order valence-corrected chi connectivity index (χ0v) is 9.28. The summed E-state index contributed by atoms with van der Waals surface area (Å²) in [5.74, 6) is 0.0478. The standard InChI is InChI=1S/C12H19NO2/c1-9-4-2-5-10(8-9)13-7-3-6-11(13)12(14)15/h5,9,11H,2-4,6-8H2,1H3,(H,14,15)/t9-,11-/m0/s1. The van der Waals surface area contributed by atoms with Crippen molar-refractivity contribution in [1.29, 1.82) is 0 Å². The number of rotatable bonds is 2. The first-order chi connectivity index (χ1) is 7.18. The van der Waals surface area contributed by atoms with Crippen molar-refractivity contribution < 1.29 is 9.90 Å². The molecule has 1 fully saturated rings. The predicted molar refractivity (Wildman–Crippen MR) is 58.5 cm³/mol. The maximum Gasteiger partial charge on any atom is 0.326 e. The lowest BCUT2D eigenvalue weighted by Crippen LogP contribution is -2.36. The molecule has 2 atom stereocenters. The topological polar surface area (TPSA) is 40.5 Å². The lowest BCUT2D eigenvalue weighted by Gasteiger charge is -2.31. The molecule has 1 aliphatic carbocycles. The Morgan fingerprint density at radius 2 is 2.33 bits per heavy atom. The highest BCUT2D eigenvalue weighted by Gasteiger charge is 2.32. The molecule has 15 heavy (non-hydrogen) atoms. The molecule has 0 aromatic rings. The minimum atomic E-state index is -0.661. The van der Waals surface area contributed by atoms with Gasteiger partial charge < -0.3 is 10.0 Å². The molecule has 0 radical (unpaired) electrons. The molecule has 0 bridgehead atoms. The van der Waals surface area contributed by atoms with E-state index in [9.17, 15) is 4.79 Å². The van der Waals surface area contributed by atoms with Crippen LogP contribution in [0.15, 0.2) is 11.8 Å². The lowest BCUT2D eigenvalue weighted by atomic mass is 9.93. The van der Waals surface area contributed by atoms with Gasteiger partial charge in [0.05, 0.1) is 0 Å². The van der Waals surface area contributed by atoms with Crippen molar-refractivity contribution in [2.24, 2.45) is 5.92 Å². The van der Waals surface area contributed by atoms with Gasteiger partial charge in [0.25, 0.3) is 0 Å². The monoisotopic (exact) mass is 209 g/mol. The van der Waals surface area contributed by atoms with Crippen LogP contribution in [0.4, 0.5) is 0 Å². The first-order valence-corrected chi connectivity index (χ1v) is 5.87. The van der Waals surface area contributed by atoms with E-state index in [1.807, 2.05) is 0 Å². The second-order valence-electron chi connectivity index (χ2n) is 4.77. The summed E-state index contributed by atoms with van der Waals surface area (Å²) in [5, 5.41) is 9.11. The molecule has 1 aliphatic heterocycles. The predicted octanol–water partition coefficient (Wildman–Crippen LogP) is 2.24. The fourth-order valence-corrected chi connectivity index (χ4v) is 2.68. The molecule has 0 unspecified atom stereocenters. The van der Waals surface area contributed by atoms with Gasteiger partial charge in [0.15, 0.2) is 0 Å². The molecular weight excluding hydrogens is 190 g/mol. The normalized spacial score (nSPS) is 31.5. The Morgan fingerprint density at radius 3 is 3.00 bits per heavy atom. The Bertz CT molecular complexity index is 285. The van der Waals surface area contributed by atoms with Gasteiger partial charge in [0, 0.05) is 12.2 Å². The number of aliphatic carboxylic acids is 1. The molecule has 1 heterocycles. The van der Waals surface area contributed by atoms with Crippen LogP contribution in [-0.2, 0) is 4.79 Å². The van der Waals surface area contributed by atoms with Crippen LogP contribution < -0.4 is 0 Å². The number of carboxylic acids is 1. The van der Waals surface area contributed by atoms with Gasteiger partial charge in [-0.05, 0) is 38.0 Å².